The van der Waals surface area contributed by atoms with Crippen LogP contribution in [0.25, 0.3) is 0 Å². The van der Waals surface area contributed by atoms with Crippen molar-refractivity contribution in [3.8, 4) is 0 Å². The highest BCUT2D eigenvalue weighted by molar-refractivity contribution is 4.73. The lowest BCUT2D eigenvalue weighted by atomic mass is 9.96. The molecule has 0 radical (unpaired) electrons. The van der Waals surface area contributed by atoms with Crippen LogP contribution in [0.1, 0.15) is 27.7 Å². The van der Waals surface area contributed by atoms with Gasteiger partial charge in [-0.25, -0.2) is 0 Å². The Hall–Kier alpha value is -0.0800. The smallest absolute Gasteiger partial charge is 0.0593 e. The molecule has 2 nitrogen and oxygen atoms in total. The molecule has 2 heteroatoms. The van der Waals surface area contributed by atoms with Gasteiger partial charge in [0.05, 0.1) is 13.2 Å². The van der Waals surface area contributed by atoms with E-state index in [0.717, 1.165) is 25.7 Å². The first-order valence-corrected chi connectivity index (χ1v) is 5.43. The number of nitrogens with zero attached hydrogens (tertiary/aromatic N) is 1. The highest BCUT2D eigenvalue weighted by atomic mass is 16.5. The van der Waals surface area contributed by atoms with Crippen LogP contribution < -0.4 is 0 Å². The van der Waals surface area contributed by atoms with Gasteiger partial charge < -0.3 is 4.74 Å². The summed E-state index contributed by atoms with van der Waals surface area (Å²) in [7, 11) is 0. The third kappa shape index (κ3) is 3.28. The monoisotopic (exact) mass is 185 g/mol. The van der Waals surface area contributed by atoms with E-state index in [1.807, 2.05) is 0 Å². The van der Waals surface area contributed by atoms with E-state index in [2.05, 4.69) is 32.6 Å². The van der Waals surface area contributed by atoms with Gasteiger partial charge in [-0.15, -0.1) is 0 Å². The summed E-state index contributed by atoms with van der Waals surface area (Å²) in [5, 5.41) is 0. The largest absolute Gasteiger partial charge is 0.380 e. The lowest BCUT2D eigenvalue weighted by molar-refractivity contribution is 0.108. The molecule has 0 aliphatic carbocycles. The van der Waals surface area contributed by atoms with Crippen molar-refractivity contribution in [3.05, 3.63) is 0 Å². The molecule has 0 aromatic carbocycles. The lowest BCUT2D eigenvalue weighted by Crippen LogP contribution is -2.37. The van der Waals surface area contributed by atoms with Crippen molar-refractivity contribution in [2.24, 2.45) is 11.8 Å². The quantitative estimate of drug-likeness (QED) is 0.652. The fourth-order valence-electron chi connectivity index (χ4n) is 1.73. The maximum absolute atomic E-state index is 5.61. The third-order valence-electron chi connectivity index (χ3n) is 3.00. The van der Waals surface area contributed by atoms with Gasteiger partial charge in [-0.3, -0.25) is 4.90 Å². The zero-order valence-corrected chi connectivity index (χ0v) is 9.42. The summed E-state index contributed by atoms with van der Waals surface area (Å²) in [4.78, 5) is 2.53. The van der Waals surface area contributed by atoms with Gasteiger partial charge in [-0.1, -0.05) is 13.8 Å². The van der Waals surface area contributed by atoms with E-state index in [9.17, 15) is 0 Å². The molecule has 0 unspecified atom stereocenters. The van der Waals surface area contributed by atoms with Crippen molar-refractivity contribution in [2.75, 3.05) is 26.3 Å². The van der Waals surface area contributed by atoms with Crippen LogP contribution in [0.15, 0.2) is 0 Å². The van der Waals surface area contributed by atoms with Crippen LogP contribution in [-0.2, 0) is 4.74 Å². The van der Waals surface area contributed by atoms with E-state index in [1.165, 1.54) is 6.54 Å². The number of ether oxygens (including phenoxy) is 1. The normalized spacial score (nSPS) is 26.8. The Kier molecular flexibility index (Phi) is 4.20. The predicted molar refractivity (Wildman–Crippen MR) is 55.9 cm³/mol. The zero-order valence-electron chi connectivity index (χ0n) is 9.42. The first-order valence-electron chi connectivity index (χ1n) is 5.43. The molecule has 13 heavy (non-hydrogen) atoms. The van der Waals surface area contributed by atoms with Crippen molar-refractivity contribution in [3.63, 3.8) is 0 Å². The summed E-state index contributed by atoms with van der Waals surface area (Å²) < 4.78 is 5.61. The Bertz CT molecular complexity index is 129. The van der Waals surface area contributed by atoms with Crippen LogP contribution in [0.3, 0.4) is 0 Å². The van der Waals surface area contributed by atoms with E-state index >= 15 is 0 Å². The summed E-state index contributed by atoms with van der Waals surface area (Å²) in [6.07, 6.45) is 0. The molecule has 0 aromatic rings. The second kappa shape index (κ2) is 4.97. The Morgan fingerprint density at radius 2 is 1.92 bits per heavy atom. The van der Waals surface area contributed by atoms with Crippen LogP contribution in [-0.4, -0.2) is 37.2 Å². The molecule has 0 bridgehead atoms. The molecule has 1 aliphatic rings. The van der Waals surface area contributed by atoms with Gasteiger partial charge in [0.25, 0.3) is 0 Å². The molecule has 1 saturated heterocycles. The Morgan fingerprint density at radius 3 is 2.46 bits per heavy atom. The molecule has 1 heterocycles. The summed E-state index contributed by atoms with van der Waals surface area (Å²) >= 11 is 0. The number of hydrogen-bond donors (Lipinski definition) is 0. The summed E-state index contributed by atoms with van der Waals surface area (Å²) in [6.45, 7) is 13.3. The molecule has 0 N–H and O–H groups in total. The first-order chi connectivity index (χ1) is 6.11. The molecule has 0 aromatic heterocycles. The molecule has 1 fully saturated rings. The second-order valence-electron chi connectivity index (χ2n) is 4.67. The van der Waals surface area contributed by atoms with E-state index in [-0.39, 0.29) is 0 Å². The minimum Gasteiger partial charge on any atom is -0.380 e. The second-order valence-corrected chi connectivity index (χ2v) is 4.67. The van der Waals surface area contributed by atoms with Gasteiger partial charge >= 0.3 is 0 Å². The summed E-state index contributed by atoms with van der Waals surface area (Å²) in [6, 6.07) is 0.656. The molecule has 0 spiro atoms. The standard InChI is InChI=1S/C11H23NO/c1-9(2)11-7-12(10(3)4)5-6-13-8-11/h9-11H,5-8H2,1-4H3/t11-/m0/s1. The van der Waals surface area contributed by atoms with Crippen LogP contribution in [0.2, 0.25) is 0 Å². The van der Waals surface area contributed by atoms with Gasteiger partial charge in [-0.05, 0) is 25.7 Å². The van der Waals surface area contributed by atoms with Crippen LogP contribution in [0, 0.1) is 11.8 Å². The summed E-state index contributed by atoms with van der Waals surface area (Å²) in [5.41, 5.74) is 0. The van der Waals surface area contributed by atoms with Crippen LogP contribution >= 0.6 is 0 Å². The van der Waals surface area contributed by atoms with E-state index < -0.39 is 0 Å². The van der Waals surface area contributed by atoms with Gasteiger partial charge in [0.1, 0.15) is 0 Å². The topological polar surface area (TPSA) is 12.5 Å². The third-order valence-corrected chi connectivity index (χ3v) is 3.00. The van der Waals surface area contributed by atoms with E-state index in [1.54, 1.807) is 0 Å². The molecule has 1 aliphatic heterocycles. The maximum atomic E-state index is 5.61. The Morgan fingerprint density at radius 1 is 1.23 bits per heavy atom. The molecule has 0 amide bonds. The van der Waals surface area contributed by atoms with Crippen molar-refractivity contribution in [2.45, 2.75) is 33.7 Å². The SMILES string of the molecule is CC(C)[C@@H]1COCCN(C(C)C)C1. The average Bonchev–Trinajstić information content (AvgIpc) is 2.28. The van der Waals surface area contributed by atoms with Crippen molar-refractivity contribution < 1.29 is 4.74 Å². The predicted octanol–water partition coefficient (Wildman–Crippen LogP) is 2.00. The average molecular weight is 185 g/mol. The number of hydrogen-bond acceptors (Lipinski definition) is 2. The van der Waals surface area contributed by atoms with Crippen LogP contribution in [0.5, 0.6) is 0 Å². The fourth-order valence-corrected chi connectivity index (χ4v) is 1.73. The summed E-state index contributed by atoms with van der Waals surface area (Å²) in [5.74, 6) is 1.45. The lowest BCUT2D eigenvalue weighted by Gasteiger charge is -2.28. The maximum Gasteiger partial charge on any atom is 0.0593 e. The van der Waals surface area contributed by atoms with Crippen molar-refractivity contribution >= 4 is 0 Å². The van der Waals surface area contributed by atoms with Crippen molar-refractivity contribution in [1.82, 2.24) is 4.90 Å². The molecular formula is C11H23NO. The van der Waals surface area contributed by atoms with E-state index in [4.69, 9.17) is 4.74 Å². The molecule has 78 valence electrons. The van der Waals surface area contributed by atoms with Gasteiger partial charge in [0, 0.05) is 19.1 Å². The first kappa shape index (κ1) is 11.0. The number of rotatable bonds is 2. The fraction of sp³-hybridized carbons (Fsp3) is 1.00. The minimum absolute atomic E-state index is 0.656. The van der Waals surface area contributed by atoms with E-state index in [0.29, 0.717) is 12.0 Å². The molecule has 1 rings (SSSR count). The minimum atomic E-state index is 0.656. The highest BCUT2D eigenvalue weighted by Gasteiger charge is 2.22. The van der Waals surface area contributed by atoms with Gasteiger partial charge in [0.15, 0.2) is 0 Å². The zero-order chi connectivity index (χ0) is 9.84. The van der Waals surface area contributed by atoms with Crippen LogP contribution in [0.4, 0.5) is 0 Å². The molecule has 1 atom stereocenters. The molecule has 0 saturated carbocycles. The molecular weight excluding hydrogens is 162 g/mol. The van der Waals surface area contributed by atoms with Crippen molar-refractivity contribution in [1.29, 1.82) is 0 Å². The van der Waals surface area contributed by atoms with Gasteiger partial charge in [0.2, 0.25) is 0 Å². The van der Waals surface area contributed by atoms with Gasteiger partial charge in [-0.2, -0.15) is 0 Å². The highest BCUT2D eigenvalue weighted by Crippen LogP contribution is 2.17. The Balaban J connectivity index is 2.49. The Labute approximate surface area is 82.3 Å².